The number of hydrogen-bond acceptors (Lipinski definition) is 3. The minimum atomic E-state index is 0.261. The first-order valence-corrected chi connectivity index (χ1v) is 5.85. The number of carbonyl (C=O) groups is 1. The number of carbonyl (C=O) groups excluding carboxylic acids is 1. The van der Waals surface area contributed by atoms with Crippen LogP contribution in [0.5, 0.6) is 0 Å². The molecule has 0 atom stereocenters. The van der Waals surface area contributed by atoms with Gasteiger partial charge in [-0.3, -0.25) is 4.79 Å². The molecule has 4 nitrogen and oxygen atoms in total. The normalized spacial score (nSPS) is 16.9. The van der Waals surface area contributed by atoms with Crippen molar-refractivity contribution >= 4 is 5.91 Å². The van der Waals surface area contributed by atoms with Gasteiger partial charge in [0.2, 0.25) is 5.91 Å². The zero-order valence-corrected chi connectivity index (χ0v) is 9.96. The van der Waals surface area contributed by atoms with Gasteiger partial charge in [0.05, 0.1) is 0 Å². The number of likely N-dealkylation sites (N-methyl/N-ethyl adjacent to an activating group) is 2. The van der Waals surface area contributed by atoms with Gasteiger partial charge >= 0.3 is 0 Å². The molecule has 0 aromatic carbocycles. The zero-order valence-electron chi connectivity index (χ0n) is 9.96. The van der Waals surface area contributed by atoms with Gasteiger partial charge < -0.3 is 15.1 Å². The van der Waals surface area contributed by atoms with Crippen LogP contribution in [0.15, 0.2) is 0 Å². The molecule has 1 N–H and O–H groups in total. The van der Waals surface area contributed by atoms with Crippen LogP contribution in [0.3, 0.4) is 0 Å². The van der Waals surface area contributed by atoms with E-state index in [1.807, 2.05) is 19.0 Å². The van der Waals surface area contributed by atoms with E-state index < -0.39 is 0 Å². The molecule has 0 bridgehead atoms. The molecule has 1 aliphatic heterocycles. The average molecular weight is 213 g/mol. The van der Waals surface area contributed by atoms with Crippen LogP contribution in [0.4, 0.5) is 0 Å². The van der Waals surface area contributed by atoms with Crippen molar-refractivity contribution in [2.75, 3.05) is 46.8 Å². The fraction of sp³-hybridized carbons (Fsp3) is 0.909. The van der Waals surface area contributed by atoms with Crippen LogP contribution in [0.1, 0.15) is 19.3 Å². The van der Waals surface area contributed by atoms with E-state index in [2.05, 4.69) is 10.2 Å². The third-order valence-corrected chi connectivity index (χ3v) is 2.96. The predicted molar refractivity (Wildman–Crippen MR) is 61.9 cm³/mol. The molecule has 0 radical (unpaired) electrons. The van der Waals surface area contributed by atoms with Gasteiger partial charge in [0, 0.05) is 33.1 Å². The lowest BCUT2D eigenvalue weighted by atomic mass is 10.3. The van der Waals surface area contributed by atoms with Gasteiger partial charge in [-0.05, 0) is 33.0 Å². The topological polar surface area (TPSA) is 35.6 Å². The Bertz CT molecular complexity index is 190. The number of amides is 1. The Kier molecular flexibility index (Phi) is 5.65. The molecule has 0 saturated carbocycles. The Labute approximate surface area is 92.6 Å². The molecule has 1 aliphatic rings. The zero-order chi connectivity index (χ0) is 11.1. The highest BCUT2D eigenvalue weighted by molar-refractivity contribution is 5.76. The summed E-state index contributed by atoms with van der Waals surface area (Å²) in [4.78, 5) is 15.9. The van der Waals surface area contributed by atoms with Crippen molar-refractivity contribution in [2.45, 2.75) is 19.3 Å². The number of nitrogens with zero attached hydrogens (tertiary/aromatic N) is 2. The number of nitrogens with one attached hydrogen (secondary N) is 1. The van der Waals surface area contributed by atoms with Gasteiger partial charge in [-0.1, -0.05) is 0 Å². The van der Waals surface area contributed by atoms with Crippen molar-refractivity contribution in [1.82, 2.24) is 15.1 Å². The second-order valence-electron chi connectivity index (χ2n) is 4.22. The molecule has 0 unspecified atom stereocenters. The van der Waals surface area contributed by atoms with Crippen LogP contribution < -0.4 is 5.32 Å². The summed E-state index contributed by atoms with van der Waals surface area (Å²) in [5.41, 5.74) is 0. The summed E-state index contributed by atoms with van der Waals surface area (Å²) in [5.74, 6) is 0.261. The van der Waals surface area contributed by atoms with Gasteiger partial charge in [0.15, 0.2) is 0 Å². The summed E-state index contributed by atoms with van der Waals surface area (Å²) >= 11 is 0. The lowest BCUT2D eigenvalue weighted by molar-refractivity contribution is -0.130. The van der Waals surface area contributed by atoms with E-state index >= 15 is 0 Å². The highest BCUT2D eigenvalue weighted by Gasteiger charge is 2.14. The molecule has 4 heteroatoms. The summed E-state index contributed by atoms with van der Waals surface area (Å²) < 4.78 is 0. The van der Waals surface area contributed by atoms with Gasteiger partial charge in [-0.25, -0.2) is 0 Å². The van der Waals surface area contributed by atoms with Crippen molar-refractivity contribution < 1.29 is 4.79 Å². The smallest absolute Gasteiger partial charge is 0.223 e. The molecule has 1 fully saturated rings. The fourth-order valence-electron chi connectivity index (χ4n) is 1.86. The quantitative estimate of drug-likeness (QED) is 0.682. The van der Waals surface area contributed by atoms with Crippen LogP contribution in [0.25, 0.3) is 0 Å². The molecule has 15 heavy (non-hydrogen) atoms. The third kappa shape index (κ3) is 4.62. The Morgan fingerprint density at radius 2 is 2.07 bits per heavy atom. The van der Waals surface area contributed by atoms with E-state index in [0.29, 0.717) is 6.42 Å². The van der Waals surface area contributed by atoms with Gasteiger partial charge in [-0.2, -0.15) is 0 Å². The van der Waals surface area contributed by atoms with Gasteiger partial charge in [0.1, 0.15) is 0 Å². The van der Waals surface area contributed by atoms with Crippen molar-refractivity contribution in [3.8, 4) is 0 Å². The molecule has 1 saturated heterocycles. The first-order chi connectivity index (χ1) is 7.24. The first kappa shape index (κ1) is 12.5. The van der Waals surface area contributed by atoms with Crippen LogP contribution >= 0.6 is 0 Å². The van der Waals surface area contributed by atoms with Crippen molar-refractivity contribution in [3.05, 3.63) is 0 Å². The van der Waals surface area contributed by atoms with Crippen LogP contribution in [0, 0.1) is 0 Å². The molecule has 0 spiro atoms. The Hall–Kier alpha value is -0.610. The van der Waals surface area contributed by atoms with E-state index in [1.165, 1.54) is 25.9 Å². The maximum atomic E-state index is 11.7. The summed E-state index contributed by atoms with van der Waals surface area (Å²) in [6, 6.07) is 0. The van der Waals surface area contributed by atoms with Crippen LogP contribution in [-0.2, 0) is 4.79 Å². The maximum Gasteiger partial charge on any atom is 0.223 e. The number of hydrogen-bond donors (Lipinski definition) is 1. The highest BCUT2D eigenvalue weighted by Crippen LogP contribution is 2.07. The van der Waals surface area contributed by atoms with Crippen molar-refractivity contribution in [1.29, 1.82) is 0 Å². The van der Waals surface area contributed by atoms with Crippen molar-refractivity contribution in [2.24, 2.45) is 0 Å². The number of rotatable bonds is 6. The minimum Gasteiger partial charge on any atom is -0.344 e. The fourth-order valence-corrected chi connectivity index (χ4v) is 1.86. The standard InChI is InChI=1S/C11H23N3O/c1-12-6-10-13(2)11(15)5-9-14-7-3-4-8-14/h12H,3-10H2,1-2H3. The maximum absolute atomic E-state index is 11.7. The summed E-state index contributed by atoms with van der Waals surface area (Å²) in [6.45, 7) is 4.95. The molecule has 0 aromatic heterocycles. The van der Waals surface area contributed by atoms with Gasteiger partial charge in [0.25, 0.3) is 0 Å². The average Bonchev–Trinajstić information content (AvgIpc) is 2.75. The second-order valence-corrected chi connectivity index (χ2v) is 4.22. The van der Waals surface area contributed by atoms with E-state index in [9.17, 15) is 4.79 Å². The summed E-state index contributed by atoms with van der Waals surface area (Å²) in [6.07, 6.45) is 3.26. The monoisotopic (exact) mass is 213 g/mol. The summed E-state index contributed by atoms with van der Waals surface area (Å²) in [5, 5.41) is 3.05. The van der Waals surface area contributed by atoms with E-state index in [1.54, 1.807) is 0 Å². The summed E-state index contributed by atoms with van der Waals surface area (Å²) in [7, 11) is 3.78. The highest BCUT2D eigenvalue weighted by atomic mass is 16.2. The molecule has 1 rings (SSSR count). The van der Waals surface area contributed by atoms with Crippen LogP contribution in [0.2, 0.25) is 0 Å². The third-order valence-electron chi connectivity index (χ3n) is 2.96. The largest absolute Gasteiger partial charge is 0.344 e. The Morgan fingerprint density at radius 3 is 2.67 bits per heavy atom. The van der Waals surface area contributed by atoms with Gasteiger partial charge in [-0.15, -0.1) is 0 Å². The van der Waals surface area contributed by atoms with Crippen LogP contribution in [-0.4, -0.2) is 62.5 Å². The van der Waals surface area contributed by atoms with E-state index in [4.69, 9.17) is 0 Å². The van der Waals surface area contributed by atoms with Crippen molar-refractivity contribution in [3.63, 3.8) is 0 Å². The molecule has 0 aliphatic carbocycles. The minimum absolute atomic E-state index is 0.261. The molecular formula is C11H23N3O. The molecular weight excluding hydrogens is 190 g/mol. The lowest BCUT2D eigenvalue weighted by Crippen LogP contribution is -2.35. The number of likely N-dealkylation sites (tertiary alicyclic amines) is 1. The molecule has 1 amide bonds. The SMILES string of the molecule is CNCCN(C)C(=O)CCN1CCCC1. The Balaban J connectivity index is 2.11. The molecule has 88 valence electrons. The van der Waals surface area contributed by atoms with E-state index in [-0.39, 0.29) is 5.91 Å². The molecule has 0 aromatic rings. The van der Waals surface area contributed by atoms with E-state index in [0.717, 1.165) is 19.6 Å². The molecule has 1 heterocycles. The lowest BCUT2D eigenvalue weighted by Gasteiger charge is -2.19. The second kappa shape index (κ2) is 6.80. The predicted octanol–water partition coefficient (Wildman–Crippen LogP) is 0.150. The Morgan fingerprint density at radius 1 is 1.40 bits per heavy atom. The first-order valence-electron chi connectivity index (χ1n) is 5.85.